The Labute approximate surface area is 112 Å². The summed E-state index contributed by atoms with van der Waals surface area (Å²) in [6.45, 7) is 2.39. The average molecular weight is 262 g/mol. The van der Waals surface area contributed by atoms with Crippen molar-refractivity contribution in [3.05, 3.63) is 47.5 Å². The number of likely N-dealkylation sites (N-methyl/N-ethyl adjacent to an activating group) is 1. The Bertz CT molecular complexity index is 564. The van der Waals surface area contributed by atoms with Crippen LogP contribution in [0.15, 0.2) is 30.5 Å². The maximum absolute atomic E-state index is 13.9. The first kappa shape index (κ1) is 13.5. The number of halogens is 1. The quantitative estimate of drug-likeness (QED) is 0.916. The smallest absolute Gasteiger partial charge is 0.146 e. The summed E-state index contributed by atoms with van der Waals surface area (Å²) < 4.78 is 15.7. The molecule has 2 N–H and O–H groups in total. The number of para-hydroxylation sites is 1. The number of anilines is 1. The van der Waals surface area contributed by atoms with Crippen LogP contribution in [0.25, 0.3) is 0 Å². The van der Waals surface area contributed by atoms with E-state index in [0.29, 0.717) is 12.2 Å². The van der Waals surface area contributed by atoms with Crippen molar-refractivity contribution < 1.29 is 4.39 Å². The zero-order valence-electron chi connectivity index (χ0n) is 11.5. The topological polar surface area (TPSA) is 47.1 Å². The van der Waals surface area contributed by atoms with E-state index in [1.807, 2.05) is 32.0 Å². The molecule has 5 heteroatoms. The van der Waals surface area contributed by atoms with Gasteiger partial charge >= 0.3 is 0 Å². The standard InChI is InChI=1S/C14H19FN4/c1-10-11(9-17-19(10)3)14(8-16)18(2)13-7-5-4-6-12(13)15/h4-7,9,14H,8,16H2,1-3H3. The van der Waals surface area contributed by atoms with Crippen molar-refractivity contribution in [2.45, 2.75) is 13.0 Å². The minimum Gasteiger partial charge on any atom is -0.364 e. The van der Waals surface area contributed by atoms with Gasteiger partial charge in [0.25, 0.3) is 0 Å². The Morgan fingerprint density at radius 3 is 2.63 bits per heavy atom. The summed E-state index contributed by atoms with van der Waals surface area (Å²) in [6.07, 6.45) is 1.80. The fraction of sp³-hybridized carbons (Fsp3) is 0.357. The van der Waals surface area contributed by atoms with Gasteiger partial charge in [0, 0.05) is 31.9 Å². The molecule has 19 heavy (non-hydrogen) atoms. The molecule has 0 fully saturated rings. The van der Waals surface area contributed by atoms with E-state index in [0.717, 1.165) is 11.3 Å². The van der Waals surface area contributed by atoms with Gasteiger partial charge in [-0.25, -0.2) is 4.39 Å². The minimum atomic E-state index is -0.245. The second-order valence-corrected chi connectivity index (χ2v) is 4.62. The maximum atomic E-state index is 13.9. The predicted octanol–water partition coefficient (Wildman–Crippen LogP) is 2.00. The lowest BCUT2D eigenvalue weighted by atomic mass is 10.1. The summed E-state index contributed by atoms with van der Waals surface area (Å²) in [5.74, 6) is -0.245. The lowest BCUT2D eigenvalue weighted by molar-refractivity contribution is 0.601. The van der Waals surface area contributed by atoms with Crippen LogP contribution in [0.4, 0.5) is 10.1 Å². The summed E-state index contributed by atoms with van der Waals surface area (Å²) in [4.78, 5) is 1.86. The Morgan fingerprint density at radius 2 is 2.11 bits per heavy atom. The Morgan fingerprint density at radius 1 is 1.42 bits per heavy atom. The maximum Gasteiger partial charge on any atom is 0.146 e. The summed E-state index contributed by atoms with van der Waals surface area (Å²) in [6, 6.07) is 6.61. The molecule has 2 rings (SSSR count). The van der Waals surface area contributed by atoms with Gasteiger partial charge in [0.2, 0.25) is 0 Å². The number of hydrogen-bond donors (Lipinski definition) is 1. The molecule has 0 saturated heterocycles. The molecule has 102 valence electrons. The van der Waals surface area contributed by atoms with Gasteiger partial charge in [-0.3, -0.25) is 4.68 Å². The van der Waals surface area contributed by atoms with Crippen molar-refractivity contribution in [1.29, 1.82) is 0 Å². The number of aryl methyl sites for hydroxylation is 1. The predicted molar refractivity (Wildman–Crippen MR) is 74.5 cm³/mol. The minimum absolute atomic E-state index is 0.0920. The van der Waals surface area contributed by atoms with Crippen LogP contribution in [-0.4, -0.2) is 23.4 Å². The van der Waals surface area contributed by atoms with Crippen LogP contribution in [0.1, 0.15) is 17.3 Å². The molecule has 0 bridgehead atoms. The summed E-state index contributed by atoms with van der Waals surface area (Å²) in [7, 11) is 3.73. The zero-order chi connectivity index (χ0) is 14.0. The molecule has 1 aromatic carbocycles. The van der Waals surface area contributed by atoms with Crippen molar-refractivity contribution in [3.63, 3.8) is 0 Å². The Kier molecular flexibility index (Phi) is 3.85. The second kappa shape index (κ2) is 5.40. The number of nitrogens with zero attached hydrogens (tertiary/aromatic N) is 3. The monoisotopic (exact) mass is 262 g/mol. The third-order valence-electron chi connectivity index (χ3n) is 3.56. The molecular weight excluding hydrogens is 243 g/mol. The normalized spacial score (nSPS) is 12.5. The molecule has 0 aliphatic rings. The van der Waals surface area contributed by atoms with Crippen LogP contribution >= 0.6 is 0 Å². The van der Waals surface area contributed by atoms with Gasteiger partial charge in [-0.1, -0.05) is 12.1 Å². The molecule has 0 aliphatic heterocycles. The molecule has 0 amide bonds. The zero-order valence-corrected chi connectivity index (χ0v) is 11.5. The first-order chi connectivity index (χ1) is 9.06. The third kappa shape index (κ3) is 2.46. The molecular formula is C14H19FN4. The second-order valence-electron chi connectivity index (χ2n) is 4.62. The molecule has 1 heterocycles. The van der Waals surface area contributed by atoms with Crippen LogP contribution in [0, 0.1) is 12.7 Å². The molecule has 1 unspecified atom stereocenters. The number of aromatic nitrogens is 2. The van der Waals surface area contributed by atoms with Crippen LogP contribution in [-0.2, 0) is 7.05 Å². The Hall–Kier alpha value is -1.88. The highest BCUT2D eigenvalue weighted by Crippen LogP contribution is 2.28. The van der Waals surface area contributed by atoms with Gasteiger partial charge in [-0.05, 0) is 19.1 Å². The van der Waals surface area contributed by atoms with Crippen LogP contribution in [0.5, 0.6) is 0 Å². The van der Waals surface area contributed by atoms with Crippen molar-refractivity contribution in [3.8, 4) is 0 Å². The lowest BCUT2D eigenvalue weighted by Gasteiger charge is -2.29. The van der Waals surface area contributed by atoms with E-state index in [9.17, 15) is 4.39 Å². The van der Waals surface area contributed by atoms with E-state index in [-0.39, 0.29) is 11.9 Å². The van der Waals surface area contributed by atoms with Crippen molar-refractivity contribution >= 4 is 5.69 Å². The van der Waals surface area contributed by atoms with Gasteiger partial charge < -0.3 is 10.6 Å². The lowest BCUT2D eigenvalue weighted by Crippen LogP contribution is -2.31. The number of rotatable bonds is 4. The van der Waals surface area contributed by atoms with E-state index in [1.165, 1.54) is 6.07 Å². The van der Waals surface area contributed by atoms with E-state index < -0.39 is 0 Å². The van der Waals surface area contributed by atoms with Crippen LogP contribution in [0.3, 0.4) is 0 Å². The molecule has 2 aromatic rings. The summed E-state index contributed by atoms with van der Waals surface area (Å²) in [5, 5.41) is 4.22. The highest BCUT2D eigenvalue weighted by Gasteiger charge is 2.21. The van der Waals surface area contributed by atoms with E-state index in [2.05, 4.69) is 5.10 Å². The third-order valence-corrected chi connectivity index (χ3v) is 3.56. The summed E-state index contributed by atoms with van der Waals surface area (Å²) in [5.41, 5.74) is 8.48. The van der Waals surface area contributed by atoms with Crippen LogP contribution < -0.4 is 10.6 Å². The highest BCUT2D eigenvalue weighted by atomic mass is 19.1. The average Bonchev–Trinajstić information content (AvgIpc) is 2.72. The fourth-order valence-corrected chi connectivity index (χ4v) is 2.24. The molecule has 1 atom stereocenters. The molecule has 0 radical (unpaired) electrons. The first-order valence-corrected chi connectivity index (χ1v) is 6.22. The molecule has 1 aromatic heterocycles. The van der Waals surface area contributed by atoms with Gasteiger partial charge in [-0.15, -0.1) is 0 Å². The molecule has 0 saturated carbocycles. The van der Waals surface area contributed by atoms with Gasteiger partial charge in [0.1, 0.15) is 5.82 Å². The molecule has 4 nitrogen and oxygen atoms in total. The van der Waals surface area contributed by atoms with Gasteiger partial charge in [0.15, 0.2) is 0 Å². The van der Waals surface area contributed by atoms with E-state index in [1.54, 1.807) is 23.0 Å². The van der Waals surface area contributed by atoms with Gasteiger partial charge in [0.05, 0.1) is 17.9 Å². The van der Waals surface area contributed by atoms with Crippen LogP contribution in [0.2, 0.25) is 0 Å². The number of benzene rings is 1. The fourth-order valence-electron chi connectivity index (χ4n) is 2.24. The highest BCUT2D eigenvalue weighted by molar-refractivity contribution is 5.49. The first-order valence-electron chi connectivity index (χ1n) is 6.22. The van der Waals surface area contributed by atoms with Gasteiger partial charge in [-0.2, -0.15) is 5.10 Å². The largest absolute Gasteiger partial charge is 0.364 e. The number of hydrogen-bond acceptors (Lipinski definition) is 3. The van der Waals surface area contributed by atoms with Crippen molar-refractivity contribution in [2.24, 2.45) is 12.8 Å². The van der Waals surface area contributed by atoms with Crippen molar-refractivity contribution in [1.82, 2.24) is 9.78 Å². The van der Waals surface area contributed by atoms with E-state index in [4.69, 9.17) is 5.73 Å². The van der Waals surface area contributed by atoms with Crippen molar-refractivity contribution in [2.75, 3.05) is 18.5 Å². The Balaban J connectivity index is 2.38. The summed E-state index contributed by atoms with van der Waals surface area (Å²) >= 11 is 0. The van der Waals surface area contributed by atoms with E-state index >= 15 is 0 Å². The molecule has 0 aliphatic carbocycles. The molecule has 0 spiro atoms. The SMILES string of the molecule is Cc1c(C(CN)N(C)c2ccccc2F)cnn1C. The number of nitrogens with two attached hydrogens (primary N) is 1.